The summed E-state index contributed by atoms with van der Waals surface area (Å²) in [5.74, 6) is -0.374. The van der Waals surface area contributed by atoms with Crippen molar-refractivity contribution in [2.24, 2.45) is 16.2 Å². The van der Waals surface area contributed by atoms with Crippen LogP contribution in [0.25, 0.3) is 0 Å². The van der Waals surface area contributed by atoms with Crippen LogP contribution in [0.3, 0.4) is 0 Å². The standard InChI is InChI=1S/C22H30N4O3/c27-22(28)13-17-7-11-25(12-8-17)16-20-14-21(24-29-20)19-5-3-18(4-6-19)15-23-26-9-1-2-10-26/h3-6,15,17,20H,1-2,7-14,16H2,(H,27,28). The number of carbonyl (C=O) groups is 1. The molecule has 1 unspecified atom stereocenters. The Hall–Kier alpha value is -2.41. The molecule has 7 nitrogen and oxygen atoms in total. The Labute approximate surface area is 172 Å². The Bertz CT molecular complexity index is 748. The molecule has 4 rings (SSSR count). The largest absolute Gasteiger partial charge is 0.481 e. The lowest BCUT2D eigenvalue weighted by molar-refractivity contribution is -0.138. The molecule has 0 bridgehead atoms. The molecule has 1 N–H and O–H groups in total. The molecule has 0 radical (unpaired) electrons. The first-order valence-corrected chi connectivity index (χ1v) is 10.7. The zero-order valence-corrected chi connectivity index (χ0v) is 16.9. The van der Waals surface area contributed by atoms with Crippen molar-refractivity contribution in [2.45, 2.75) is 44.6 Å². The van der Waals surface area contributed by atoms with Gasteiger partial charge in [0, 0.05) is 32.5 Å². The lowest BCUT2D eigenvalue weighted by Crippen LogP contribution is -2.39. The number of carboxylic acids is 1. The van der Waals surface area contributed by atoms with Crippen molar-refractivity contribution in [1.29, 1.82) is 0 Å². The first-order chi connectivity index (χ1) is 14.2. The van der Waals surface area contributed by atoms with Gasteiger partial charge in [0.05, 0.1) is 11.9 Å². The number of aliphatic carboxylic acids is 1. The lowest BCUT2D eigenvalue weighted by atomic mass is 9.93. The second-order valence-electron chi connectivity index (χ2n) is 8.34. The van der Waals surface area contributed by atoms with Crippen molar-refractivity contribution < 1.29 is 14.7 Å². The van der Waals surface area contributed by atoms with Crippen molar-refractivity contribution >= 4 is 17.9 Å². The molecule has 1 aromatic rings. The number of hydrogen-bond donors (Lipinski definition) is 1. The molecule has 2 fully saturated rings. The van der Waals surface area contributed by atoms with Crippen LogP contribution < -0.4 is 0 Å². The van der Waals surface area contributed by atoms with Crippen LogP contribution in [-0.2, 0) is 9.63 Å². The predicted octanol–water partition coefficient (Wildman–Crippen LogP) is 2.80. The number of piperidine rings is 1. The van der Waals surface area contributed by atoms with Gasteiger partial charge in [-0.25, -0.2) is 0 Å². The number of nitrogens with zero attached hydrogens (tertiary/aromatic N) is 4. The van der Waals surface area contributed by atoms with Crippen molar-refractivity contribution in [2.75, 3.05) is 32.7 Å². The molecule has 3 heterocycles. The van der Waals surface area contributed by atoms with E-state index in [4.69, 9.17) is 9.94 Å². The summed E-state index contributed by atoms with van der Waals surface area (Å²) in [6, 6.07) is 8.34. The van der Waals surface area contributed by atoms with Crippen molar-refractivity contribution in [3.05, 3.63) is 35.4 Å². The molecule has 156 valence electrons. The normalized spacial score (nSPS) is 23.5. The van der Waals surface area contributed by atoms with Gasteiger partial charge in [0.25, 0.3) is 0 Å². The molecule has 0 spiro atoms. The number of likely N-dealkylation sites (tertiary alicyclic amines) is 1. The molecule has 3 aliphatic heterocycles. The Balaban J connectivity index is 1.23. The van der Waals surface area contributed by atoms with E-state index >= 15 is 0 Å². The van der Waals surface area contributed by atoms with Gasteiger partial charge in [0.15, 0.2) is 0 Å². The van der Waals surface area contributed by atoms with Crippen molar-refractivity contribution in [3.8, 4) is 0 Å². The minimum atomic E-state index is -0.686. The molecule has 0 aromatic heterocycles. The van der Waals surface area contributed by atoms with E-state index in [1.807, 2.05) is 6.21 Å². The Kier molecular flexibility index (Phi) is 6.44. The monoisotopic (exact) mass is 398 g/mol. The van der Waals surface area contributed by atoms with Crippen LogP contribution in [0.5, 0.6) is 0 Å². The molecule has 0 amide bonds. The van der Waals surface area contributed by atoms with Gasteiger partial charge in [-0.15, -0.1) is 0 Å². The summed E-state index contributed by atoms with van der Waals surface area (Å²) in [4.78, 5) is 18.9. The van der Waals surface area contributed by atoms with Crippen LogP contribution in [0.15, 0.2) is 34.5 Å². The fourth-order valence-corrected chi connectivity index (χ4v) is 4.33. The number of carboxylic acid groups (broad SMARTS) is 1. The van der Waals surface area contributed by atoms with Crippen LogP contribution in [0.2, 0.25) is 0 Å². The number of hydrogen-bond acceptors (Lipinski definition) is 6. The van der Waals surface area contributed by atoms with E-state index in [1.54, 1.807) is 0 Å². The average molecular weight is 399 g/mol. The summed E-state index contributed by atoms with van der Waals surface area (Å²) in [5, 5.41) is 19.9. The highest BCUT2D eigenvalue weighted by molar-refractivity contribution is 6.01. The number of hydrazone groups is 1. The van der Waals surface area contributed by atoms with Crippen LogP contribution in [0.1, 0.15) is 49.7 Å². The van der Waals surface area contributed by atoms with Crippen molar-refractivity contribution in [1.82, 2.24) is 9.91 Å². The topological polar surface area (TPSA) is 77.7 Å². The van der Waals surface area contributed by atoms with E-state index < -0.39 is 5.97 Å². The van der Waals surface area contributed by atoms with E-state index in [0.29, 0.717) is 12.3 Å². The summed E-state index contributed by atoms with van der Waals surface area (Å²) in [6.45, 7) is 4.85. The first-order valence-electron chi connectivity index (χ1n) is 10.7. The Morgan fingerprint density at radius 3 is 2.59 bits per heavy atom. The van der Waals surface area contributed by atoms with E-state index in [-0.39, 0.29) is 6.10 Å². The molecule has 1 aromatic carbocycles. The highest BCUT2D eigenvalue weighted by atomic mass is 16.6. The zero-order valence-electron chi connectivity index (χ0n) is 16.9. The third-order valence-corrected chi connectivity index (χ3v) is 6.06. The number of rotatable bonds is 7. The summed E-state index contributed by atoms with van der Waals surface area (Å²) in [7, 11) is 0. The lowest BCUT2D eigenvalue weighted by Gasteiger charge is -2.32. The number of oxime groups is 1. The minimum absolute atomic E-state index is 0.0810. The maximum atomic E-state index is 10.9. The fourth-order valence-electron chi connectivity index (χ4n) is 4.33. The van der Waals surface area contributed by atoms with Gasteiger partial charge in [-0.2, -0.15) is 5.10 Å². The summed E-state index contributed by atoms with van der Waals surface area (Å²) in [6.07, 6.45) is 7.49. The van der Waals surface area contributed by atoms with Crippen LogP contribution in [-0.4, -0.2) is 71.7 Å². The summed E-state index contributed by atoms with van der Waals surface area (Å²) in [5.41, 5.74) is 3.20. The quantitative estimate of drug-likeness (QED) is 0.715. The van der Waals surface area contributed by atoms with Gasteiger partial charge >= 0.3 is 5.97 Å². The maximum absolute atomic E-state index is 10.9. The minimum Gasteiger partial charge on any atom is -0.481 e. The average Bonchev–Trinajstić information content (AvgIpc) is 3.40. The summed E-state index contributed by atoms with van der Waals surface area (Å²) < 4.78 is 0. The van der Waals surface area contributed by atoms with Crippen LogP contribution in [0.4, 0.5) is 0 Å². The maximum Gasteiger partial charge on any atom is 0.303 e. The molecule has 0 aliphatic carbocycles. The van der Waals surface area contributed by atoms with E-state index in [0.717, 1.165) is 68.8 Å². The third kappa shape index (κ3) is 5.56. The highest BCUT2D eigenvalue weighted by Crippen LogP contribution is 2.23. The summed E-state index contributed by atoms with van der Waals surface area (Å²) >= 11 is 0. The predicted molar refractivity (Wildman–Crippen MR) is 112 cm³/mol. The van der Waals surface area contributed by atoms with Gasteiger partial charge in [-0.3, -0.25) is 14.7 Å². The molecule has 3 aliphatic rings. The fraction of sp³-hybridized carbons (Fsp3) is 0.591. The van der Waals surface area contributed by atoms with Gasteiger partial charge in [-0.05, 0) is 55.8 Å². The molecular formula is C22H30N4O3. The van der Waals surface area contributed by atoms with E-state index in [2.05, 4.69) is 44.4 Å². The van der Waals surface area contributed by atoms with Gasteiger partial charge in [-0.1, -0.05) is 29.4 Å². The molecular weight excluding hydrogens is 368 g/mol. The third-order valence-electron chi connectivity index (χ3n) is 6.06. The second-order valence-corrected chi connectivity index (χ2v) is 8.34. The van der Waals surface area contributed by atoms with Gasteiger partial charge < -0.3 is 9.94 Å². The first kappa shape index (κ1) is 19.9. The SMILES string of the molecule is O=C(O)CC1CCN(CC2CC(c3ccc(C=NN4CCCC4)cc3)=NO2)CC1. The highest BCUT2D eigenvalue weighted by Gasteiger charge is 2.27. The van der Waals surface area contributed by atoms with Crippen LogP contribution >= 0.6 is 0 Å². The van der Waals surface area contributed by atoms with Gasteiger partial charge in [0.2, 0.25) is 0 Å². The molecule has 29 heavy (non-hydrogen) atoms. The molecule has 1 atom stereocenters. The van der Waals surface area contributed by atoms with E-state index in [9.17, 15) is 4.79 Å². The zero-order chi connectivity index (χ0) is 20.1. The smallest absolute Gasteiger partial charge is 0.303 e. The Morgan fingerprint density at radius 2 is 1.90 bits per heavy atom. The van der Waals surface area contributed by atoms with Gasteiger partial charge in [0.1, 0.15) is 6.10 Å². The van der Waals surface area contributed by atoms with E-state index in [1.165, 1.54) is 12.8 Å². The second kappa shape index (κ2) is 9.39. The Morgan fingerprint density at radius 1 is 1.17 bits per heavy atom. The van der Waals surface area contributed by atoms with Crippen LogP contribution in [0, 0.1) is 5.92 Å². The number of benzene rings is 1. The molecule has 0 saturated carbocycles. The molecule has 2 saturated heterocycles. The van der Waals surface area contributed by atoms with Crippen molar-refractivity contribution in [3.63, 3.8) is 0 Å². The molecule has 7 heteroatoms.